The molecule has 0 spiro atoms. The Morgan fingerprint density at radius 1 is 0.903 bits per heavy atom. The summed E-state index contributed by atoms with van der Waals surface area (Å²) in [5.41, 5.74) is 8.89. The van der Waals surface area contributed by atoms with Crippen LogP contribution in [0.4, 0.5) is 0 Å². The molecule has 0 fully saturated rings. The third-order valence-electron chi connectivity index (χ3n) is 5.39. The predicted molar refractivity (Wildman–Crippen MR) is 123 cm³/mol. The minimum Gasteiger partial charge on any atom is -0.478 e. The fourth-order valence-corrected chi connectivity index (χ4v) is 3.49. The molecule has 0 aliphatic carbocycles. The van der Waals surface area contributed by atoms with Crippen LogP contribution in [0, 0.1) is 0 Å². The van der Waals surface area contributed by atoms with Gasteiger partial charge in [-0.2, -0.15) is 0 Å². The first-order valence-corrected chi connectivity index (χ1v) is 10.5. The number of carboxylic acids is 1. The highest BCUT2D eigenvalue weighted by Gasteiger charge is 2.09. The molecule has 0 aliphatic rings. The molecule has 0 saturated carbocycles. The molecule has 0 radical (unpaired) electrons. The van der Waals surface area contributed by atoms with E-state index in [0.717, 1.165) is 42.3 Å². The lowest BCUT2D eigenvalue weighted by atomic mass is 10.0. The Morgan fingerprint density at radius 2 is 1.52 bits per heavy atom. The summed E-state index contributed by atoms with van der Waals surface area (Å²) in [6.45, 7) is 2.86. The number of nitrogens with one attached hydrogen (secondary N) is 1. The summed E-state index contributed by atoms with van der Waals surface area (Å²) in [7, 11) is 2.06. The van der Waals surface area contributed by atoms with Crippen molar-refractivity contribution in [1.82, 2.24) is 10.2 Å². The van der Waals surface area contributed by atoms with E-state index in [1.54, 1.807) is 36.4 Å². The Bertz CT molecular complexity index is 1050. The lowest BCUT2D eigenvalue weighted by Gasteiger charge is -2.17. The lowest BCUT2D eigenvalue weighted by molar-refractivity contribution is 0.0696. The van der Waals surface area contributed by atoms with E-state index in [1.807, 2.05) is 0 Å². The third-order valence-corrected chi connectivity index (χ3v) is 5.39. The number of aromatic carboxylic acids is 1. The highest BCUT2D eigenvalue weighted by Crippen LogP contribution is 2.18. The van der Waals surface area contributed by atoms with Crippen LogP contribution in [0.1, 0.15) is 38.3 Å². The van der Waals surface area contributed by atoms with Crippen LogP contribution in [-0.4, -0.2) is 48.6 Å². The number of carboxylic acid groups (broad SMARTS) is 1. The fraction of sp³-hybridized carbons (Fsp3) is 0.280. The molecule has 3 rings (SSSR count). The normalized spacial score (nSPS) is 11.1. The van der Waals surface area contributed by atoms with E-state index >= 15 is 0 Å². The molecule has 0 aromatic heterocycles. The van der Waals surface area contributed by atoms with Gasteiger partial charge in [0, 0.05) is 25.2 Å². The minimum absolute atomic E-state index is 0.127. The van der Waals surface area contributed by atoms with E-state index in [4.69, 9.17) is 10.8 Å². The smallest absolute Gasteiger partial charge is 0.335 e. The largest absolute Gasteiger partial charge is 0.478 e. The fourth-order valence-electron chi connectivity index (χ4n) is 3.49. The van der Waals surface area contributed by atoms with Crippen LogP contribution in [0.3, 0.4) is 0 Å². The molecule has 31 heavy (non-hydrogen) atoms. The average Bonchev–Trinajstić information content (AvgIpc) is 2.78. The zero-order valence-corrected chi connectivity index (χ0v) is 17.8. The number of carbonyl (C=O) groups is 2. The topological polar surface area (TPSA) is 95.7 Å². The van der Waals surface area contributed by atoms with Crippen molar-refractivity contribution < 1.29 is 14.7 Å². The Morgan fingerprint density at radius 3 is 2.16 bits per heavy atom. The number of rotatable bonds is 10. The Labute approximate surface area is 182 Å². The maximum atomic E-state index is 12.5. The summed E-state index contributed by atoms with van der Waals surface area (Å²) >= 11 is 0. The molecule has 4 N–H and O–H groups in total. The van der Waals surface area contributed by atoms with Crippen molar-refractivity contribution in [3.63, 3.8) is 0 Å². The second kappa shape index (κ2) is 10.7. The number of aryl methyl sites for hydroxylation is 1. The third kappa shape index (κ3) is 6.38. The zero-order chi connectivity index (χ0) is 22.2. The van der Waals surface area contributed by atoms with E-state index in [0.29, 0.717) is 18.7 Å². The zero-order valence-electron chi connectivity index (χ0n) is 17.8. The summed E-state index contributed by atoms with van der Waals surface area (Å²) in [6, 6.07) is 18.6. The first-order chi connectivity index (χ1) is 15.0. The number of benzene rings is 3. The van der Waals surface area contributed by atoms with Gasteiger partial charge in [-0.1, -0.05) is 36.4 Å². The van der Waals surface area contributed by atoms with Crippen LogP contribution in [0.25, 0.3) is 10.8 Å². The van der Waals surface area contributed by atoms with Gasteiger partial charge in [-0.3, -0.25) is 4.79 Å². The monoisotopic (exact) mass is 419 g/mol. The van der Waals surface area contributed by atoms with Gasteiger partial charge in [0.15, 0.2) is 0 Å². The van der Waals surface area contributed by atoms with Gasteiger partial charge in [0.25, 0.3) is 5.91 Å². The molecule has 162 valence electrons. The molecular formula is C25H29N3O3. The molecule has 6 nitrogen and oxygen atoms in total. The van der Waals surface area contributed by atoms with Crippen LogP contribution in [0.5, 0.6) is 0 Å². The number of nitrogens with zero attached hydrogens (tertiary/aromatic N) is 1. The number of carbonyl (C=O) groups excluding carboxylic acids is 1. The van der Waals surface area contributed by atoms with E-state index in [-0.39, 0.29) is 11.5 Å². The molecule has 0 unspecified atom stereocenters. The van der Waals surface area contributed by atoms with Gasteiger partial charge in [0.2, 0.25) is 0 Å². The van der Waals surface area contributed by atoms with Crippen molar-refractivity contribution in [3.05, 3.63) is 82.9 Å². The van der Waals surface area contributed by atoms with E-state index in [9.17, 15) is 9.59 Å². The average molecular weight is 420 g/mol. The quantitative estimate of drug-likeness (QED) is 0.469. The van der Waals surface area contributed by atoms with Gasteiger partial charge in [0.05, 0.1) is 5.56 Å². The van der Waals surface area contributed by atoms with Crippen molar-refractivity contribution >= 4 is 22.6 Å². The van der Waals surface area contributed by atoms with Gasteiger partial charge in [-0.15, -0.1) is 0 Å². The van der Waals surface area contributed by atoms with Gasteiger partial charge >= 0.3 is 5.97 Å². The highest BCUT2D eigenvalue weighted by atomic mass is 16.4. The summed E-state index contributed by atoms with van der Waals surface area (Å²) in [6.07, 6.45) is 2.07. The first kappa shape index (κ1) is 22.5. The van der Waals surface area contributed by atoms with E-state index in [2.05, 4.69) is 41.5 Å². The van der Waals surface area contributed by atoms with Crippen molar-refractivity contribution in [2.24, 2.45) is 5.73 Å². The second-order valence-corrected chi connectivity index (χ2v) is 7.77. The minimum atomic E-state index is -0.961. The molecule has 0 aliphatic heterocycles. The van der Waals surface area contributed by atoms with Gasteiger partial charge in [-0.05, 0) is 72.6 Å². The number of fused-ring (bicyclic) bond motifs is 1. The number of nitrogens with two attached hydrogens (primary N) is 1. The molecule has 0 saturated heterocycles. The van der Waals surface area contributed by atoms with E-state index < -0.39 is 5.97 Å². The van der Waals surface area contributed by atoms with Crippen LogP contribution >= 0.6 is 0 Å². The number of hydrogen-bond acceptors (Lipinski definition) is 4. The van der Waals surface area contributed by atoms with Crippen LogP contribution in [0.2, 0.25) is 0 Å². The van der Waals surface area contributed by atoms with Crippen LogP contribution in [0.15, 0.2) is 60.7 Å². The summed E-state index contributed by atoms with van der Waals surface area (Å²) < 4.78 is 0. The van der Waals surface area contributed by atoms with Crippen LogP contribution in [-0.2, 0) is 13.0 Å². The van der Waals surface area contributed by atoms with E-state index in [1.165, 1.54) is 5.56 Å². The van der Waals surface area contributed by atoms with Crippen molar-refractivity contribution in [3.8, 4) is 0 Å². The summed E-state index contributed by atoms with van der Waals surface area (Å²) in [4.78, 5) is 25.8. The molecule has 3 aromatic rings. The second-order valence-electron chi connectivity index (χ2n) is 7.77. The Kier molecular flexibility index (Phi) is 7.76. The predicted octanol–water partition coefficient (Wildman–Crippen LogP) is 3.29. The summed E-state index contributed by atoms with van der Waals surface area (Å²) in [5, 5.41) is 13.7. The summed E-state index contributed by atoms with van der Waals surface area (Å²) in [5.74, 6) is -1.09. The van der Waals surface area contributed by atoms with Crippen molar-refractivity contribution in [2.75, 3.05) is 26.7 Å². The number of likely N-dealkylation sites (N-methyl/N-ethyl adjacent to an activating group) is 1. The van der Waals surface area contributed by atoms with Crippen molar-refractivity contribution in [2.45, 2.75) is 19.4 Å². The van der Waals surface area contributed by atoms with Crippen molar-refractivity contribution in [1.29, 1.82) is 0 Å². The maximum Gasteiger partial charge on any atom is 0.335 e. The highest BCUT2D eigenvalue weighted by molar-refractivity contribution is 6.00. The molecule has 0 heterocycles. The maximum absolute atomic E-state index is 12.5. The molecule has 1 amide bonds. The molecule has 0 bridgehead atoms. The Balaban J connectivity index is 1.42. The first-order valence-electron chi connectivity index (χ1n) is 10.5. The molecule has 0 atom stereocenters. The molecule has 6 heteroatoms. The van der Waals surface area contributed by atoms with Crippen LogP contribution < -0.4 is 11.1 Å². The number of amides is 1. The number of hydrogen-bond donors (Lipinski definition) is 3. The molecule has 3 aromatic carbocycles. The lowest BCUT2D eigenvalue weighted by Crippen LogP contribution is -2.33. The Hall–Kier alpha value is -3.22. The standard InChI is InChI=1S/C25H29N3O3/c1-28(13-2-3-18-4-6-19(17-26)7-5-18)14-12-27-24(29)22-10-8-21-16-23(25(30)31)11-9-20(21)15-22/h4-11,15-16H,2-3,12-14,17,26H2,1H3,(H,27,29)(H,30,31). The van der Waals surface area contributed by atoms with Gasteiger partial charge in [0.1, 0.15) is 0 Å². The molecular weight excluding hydrogens is 390 g/mol. The SMILES string of the molecule is CN(CCCc1ccc(CN)cc1)CCNC(=O)c1ccc2cc(C(=O)O)ccc2c1. The van der Waals surface area contributed by atoms with Gasteiger partial charge in [-0.25, -0.2) is 4.79 Å². The van der Waals surface area contributed by atoms with Gasteiger partial charge < -0.3 is 21.1 Å².